The summed E-state index contributed by atoms with van der Waals surface area (Å²) in [4.78, 5) is 2.43. The van der Waals surface area contributed by atoms with Crippen LogP contribution in [0.15, 0.2) is 16.6 Å². The van der Waals surface area contributed by atoms with Crippen LogP contribution in [0.5, 0.6) is 0 Å². The van der Waals surface area contributed by atoms with E-state index in [4.69, 9.17) is 11.6 Å². The average molecular weight is 346 g/mol. The van der Waals surface area contributed by atoms with Gasteiger partial charge >= 0.3 is 0 Å². The fourth-order valence-corrected chi connectivity index (χ4v) is 3.55. The molecule has 1 heterocycles. The predicted molar refractivity (Wildman–Crippen MR) is 87.4 cm³/mol. The van der Waals surface area contributed by atoms with E-state index in [9.17, 15) is 0 Å². The number of hydrogen-bond donors (Lipinski definition) is 1. The molecule has 0 aromatic heterocycles. The molecule has 0 saturated carbocycles. The Kier molecular flexibility index (Phi) is 5.15. The van der Waals surface area contributed by atoms with Crippen molar-refractivity contribution in [2.24, 2.45) is 0 Å². The summed E-state index contributed by atoms with van der Waals surface area (Å²) >= 11 is 9.93. The van der Waals surface area contributed by atoms with E-state index in [1.54, 1.807) is 0 Å². The third-order valence-corrected chi connectivity index (χ3v) is 4.60. The number of benzene rings is 1. The molecule has 1 saturated heterocycles. The Morgan fingerprint density at radius 2 is 2.16 bits per heavy atom. The van der Waals surface area contributed by atoms with Crippen LogP contribution in [0.2, 0.25) is 5.02 Å². The molecule has 0 aliphatic carbocycles. The topological polar surface area (TPSA) is 15.3 Å². The Morgan fingerprint density at radius 1 is 1.42 bits per heavy atom. The maximum atomic E-state index is 6.26. The number of halogens is 2. The fourth-order valence-electron chi connectivity index (χ4n) is 2.68. The van der Waals surface area contributed by atoms with Crippen molar-refractivity contribution in [3.05, 3.63) is 27.2 Å². The Labute approximate surface area is 129 Å². The van der Waals surface area contributed by atoms with Crippen LogP contribution in [0.4, 0.5) is 5.69 Å². The fraction of sp³-hybridized carbons (Fsp3) is 0.600. The van der Waals surface area contributed by atoms with Gasteiger partial charge in [0.15, 0.2) is 0 Å². The first-order valence-corrected chi connectivity index (χ1v) is 8.11. The largest absolute Gasteiger partial charge is 0.369 e. The number of anilines is 1. The van der Waals surface area contributed by atoms with Gasteiger partial charge in [0.2, 0.25) is 0 Å². The second-order valence-corrected chi connectivity index (χ2v) is 6.92. The molecule has 1 atom stereocenters. The molecule has 1 aromatic rings. The highest BCUT2D eigenvalue weighted by atomic mass is 79.9. The molecular formula is C15H22BrClN2. The van der Waals surface area contributed by atoms with E-state index in [2.05, 4.69) is 52.1 Å². The summed E-state index contributed by atoms with van der Waals surface area (Å²) in [7, 11) is 0. The Balaban J connectivity index is 2.15. The Bertz CT molecular complexity index is 448. The van der Waals surface area contributed by atoms with Crippen LogP contribution in [-0.2, 0) is 0 Å². The summed E-state index contributed by atoms with van der Waals surface area (Å²) in [5.74, 6) is 0. The third kappa shape index (κ3) is 3.87. The highest BCUT2D eigenvalue weighted by Gasteiger charge is 2.22. The molecule has 106 valence electrons. The number of nitrogens with zero attached hydrogens (tertiary/aromatic N) is 1. The number of nitrogens with one attached hydrogen (secondary N) is 1. The lowest BCUT2D eigenvalue weighted by atomic mass is 10.0. The van der Waals surface area contributed by atoms with Gasteiger partial charge in [-0.3, -0.25) is 0 Å². The lowest BCUT2D eigenvalue weighted by Crippen LogP contribution is -2.48. The van der Waals surface area contributed by atoms with Gasteiger partial charge in [-0.15, -0.1) is 0 Å². The van der Waals surface area contributed by atoms with Gasteiger partial charge in [0.05, 0.1) is 5.69 Å². The quantitative estimate of drug-likeness (QED) is 0.874. The van der Waals surface area contributed by atoms with E-state index in [0.717, 1.165) is 28.1 Å². The molecule has 1 aromatic carbocycles. The van der Waals surface area contributed by atoms with Gasteiger partial charge in [-0.05, 0) is 53.4 Å². The second kappa shape index (κ2) is 6.47. The van der Waals surface area contributed by atoms with E-state index in [1.165, 1.54) is 18.5 Å². The van der Waals surface area contributed by atoms with Gasteiger partial charge in [0.25, 0.3) is 0 Å². The minimum absolute atomic E-state index is 0.537. The normalized spacial score (nSPS) is 20.1. The van der Waals surface area contributed by atoms with Crippen molar-refractivity contribution >= 4 is 33.2 Å². The molecule has 0 bridgehead atoms. The molecule has 4 heteroatoms. The van der Waals surface area contributed by atoms with Crippen molar-refractivity contribution < 1.29 is 0 Å². The molecular weight excluding hydrogens is 324 g/mol. The molecule has 0 amide bonds. The molecule has 1 fully saturated rings. The molecule has 2 rings (SSSR count). The summed E-state index contributed by atoms with van der Waals surface area (Å²) in [5, 5.41) is 4.48. The van der Waals surface area contributed by atoms with Crippen LogP contribution in [0.25, 0.3) is 0 Å². The Hall–Kier alpha value is -0.250. The van der Waals surface area contributed by atoms with Crippen LogP contribution in [0.3, 0.4) is 0 Å². The van der Waals surface area contributed by atoms with Crippen LogP contribution in [0, 0.1) is 6.92 Å². The molecule has 1 aliphatic rings. The zero-order chi connectivity index (χ0) is 14.0. The van der Waals surface area contributed by atoms with Crippen molar-refractivity contribution in [2.45, 2.75) is 45.7 Å². The number of hydrogen-bond acceptors (Lipinski definition) is 2. The highest BCUT2D eigenvalue weighted by Crippen LogP contribution is 2.33. The minimum atomic E-state index is 0.537. The molecule has 0 spiro atoms. The zero-order valence-corrected chi connectivity index (χ0v) is 14.2. The van der Waals surface area contributed by atoms with Crippen molar-refractivity contribution in [1.29, 1.82) is 0 Å². The van der Waals surface area contributed by atoms with Crippen LogP contribution in [0.1, 0.15) is 32.3 Å². The first-order chi connectivity index (χ1) is 8.97. The molecule has 1 aliphatic heterocycles. The summed E-state index contributed by atoms with van der Waals surface area (Å²) in [6, 6.07) is 5.30. The molecule has 0 radical (unpaired) electrons. The maximum Gasteiger partial charge on any atom is 0.0526 e. The van der Waals surface area contributed by atoms with Crippen LogP contribution >= 0.6 is 27.5 Å². The van der Waals surface area contributed by atoms with Gasteiger partial charge < -0.3 is 10.2 Å². The van der Waals surface area contributed by atoms with Crippen molar-refractivity contribution in [3.8, 4) is 0 Å². The zero-order valence-electron chi connectivity index (χ0n) is 11.8. The molecule has 19 heavy (non-hydrogen) atoms. The van der Waals surface area contributed by atoms with E-state index in [-0.39, 0.29) is 0 Å². The Morgan fingerprint density at radius 3 is 2.84 bits per heavy atom. The summed E-state index contributed by atoms with van der Waals surface area (Å²) in [6.07, 6.45) is 2.48. The van der Waals surface area contributed by atoms with E-state index in [1.807, 2.05) is 6.92 Å². The smallest absolute Gasteiger partial charge is 0.0526 e. The summed E-state index contributed by atoms with van der Waals surface area (Å²) in [6.45, 7) is 8.61. The number of piperidine rings is 1. The lowest BCUT2D eigenvalue weighted by Gasteiger charge is -2.36. The first-order valence-electron chi connectivity index (χ1n) is 6.94. The van der Waals surface area contributed by atoms with Crippen LogP contribution in [-0.4, -0.2) is 25.2 Å². The van der Waals surface area contributed by atoms with E-state index < -0.39 is 0 Å². The maximum absolute atomic E-state index is 6.26. The third-order valence-electron chi connectivity index (χ3n) is 3.56. The summed E-state index contributed by atoms with van der Waals surface area (Å²) in [5.41, 5.74) is 2.33. The van der Waals surface area contributed by atoms with E-state index in [0.29, 0.717) is 12.1 Å². The molecule has 1 N–H and O–H groups in total. The van der Waals surface area contributed by atoms with Gasteiger partial charge in [0, 0.05) is 34.7 Å². The SMILES string of the molecule is Cc1cc(Br)c(N2CCCC(NC(C)C)C2)cc1Cl. The monoisotopic (exact) mass is 344 g/mol. The second-order valence-electron chi connectivity index (χ2n) is 5.66. The number of aryl methyl sites for hydroxylation is 1. The summed E-state index contributed by atoms with van der Waals surface area (Å²) < 4.78 is 1.14. The highest BCUT2D eigenvalue weighted by molar-refractivity contribution is 9.10. The predicted octanol–water partition coefficient (Wildman–Crippen LogP) is 4.38. The minimum Gasteiger partial charge on any atom is -0.369 e. The van der Waals surface area contributed by atoms with Gasteiger partial charge in [0.1, 0.15) is 0 Å². The van der Waals surface area contributed by atoms with Crippen molar-refractivity contribution in [3.63, 3.8) is 0 Å². The van der Waals surface area contributed by atoms with Crippen molar-refractivity contribution in [1.82, 2.24) is 5.32 Å². The number of rotatable bonds is 3. The van der Waals surface area contributed by atoms with E-state index >= 15 is 0 Å². The average Bonchev–Trinajstić information content (AvgIpc) is 2.33. The molecule has 2 nitrogen and oxygen atoms in total. The van der Waals surface area contributed by atoms with Gasteiger partial charge in [-0.1, -0.05) is 25.4 Å². The van der Waals surface area contributed by atoms with Gasteiger partial charge in [-0.25, -0.2) is 0 Å². The van der Waals surface area contributed by atoms with Gasteiger partial charge in [-0.2, -0.15) is 0 Å². The van der Waals surface area contributed by atoms with Crippen LogP contribution < -0.4 is 10.2 Å². The first kappa shape index (κ1) is 15.1. The van der Waals surface area contributed by atoms with Crippen molar-refractivity contribution in [2.75, 3.05) is 18.0 Å². The standard InChI is InChI=1S/C15H22BrClN2/c1-10(2)18-12-5-4-6-19(9-12)15-8-14(17)11(3)7-13(15)16/h7-8,10,12,18H,4-6,9H2,1-3H3. The lowest BCUT2D eigenvalue weighted by molar-refractivity contribution is 0.394. The molecule has 1 unspecified atom stereocenters.